The van der Waals surface area contributed by atoms with Crippen molar-refractivity contribution in [3.63, 3.8) is 0 Å². The van der Waals surface area contributed by atoms with E-state index in [0.717, 1.165) is 5.56 Å². The number of benzene rings is 2. The molecule has 0 amide bonds. The summed E-state index contributed by atoms with van der Waals surface area (Å²) >= 11 is 3.08. The lowest BCUT2D eigenvalue weighted by atomic mass is 10.1. The molecule has 0 aromatic heterocycles. The van der Waals surface area contributed by atoms with Gasteiger partial charge in [0.25, 0.3) is 0 Å². The number of nitrogen functional groups attached to an aromatic ring is 1. The molecule has 3 N–H and O–H groups in total. The summed E-state index contributed by atoms with van der Waals surface area (Å²) in [4.78, 5) is 0. The third-order valence-electron chi connectivity index (χ3n) is 2.63. The lowest BCUT2D eigenvalue weighted by Gasteiger charge is -2.10. The van der Waals surface area contributed by atoms with Gasteiger partial charge in [0.15, 0.2) is 0 Å². The van der Waals surface area contributed by atoms with Crippen molar-refractivity contribution in [1.82, 2.24) is 0 Å². The molecule has 2 aromatic rings. The van der Waals surface area contributed by atoms with Gasteiger partial charge in [0.05, 0.1) is 27.5 Å². The molecule has 0 unspecified atom stereocenters. The zero-order chi connectivity index (χ0) is 13.8. The molecule has 2 aromatic carbocycles. The Balaban J connectivity index is 2.14. The maximum Gasteiger partial charge on any atom is 0.139 e. The summed E-state index contributed by atoms with van der Waals surface area (Å²) in [6.45, 7) is 0.473. The van der Waals surface area contributed by atoms with Crippen LogP contribution in [-0.4, -0.2) is 0 Å². The molecule has 0 heterocycles. The molecule has 0 atom stereocenters. The van der Waals surface area contributed by atoms with Gasteiger partial charge in [0.2, 0.25) is 0 Å². The zero-order valence-corrected chi connectivity index (χ0v) is 11.5. The fourth-order valence-corrected chi connectivity index (χ4v) is 2.02. The maximum absolute atomic E-state index is 13.4. The quantitative estimate of drug-likeness (QED) is 0.849. The number of nitrogens with one attached hydrogen (secondary N) is 1. The fraction of sp³-hybridized carbons (Fsp3) is 0.0714. The summed E-state index contributed by atoms with van der Waals surface area (Å²) in [6, 6.07) is 12.1. The molecule has 0 aliphatic heterocycles. The SMILES string of the molecule is N#Cc1cccc(CNc2cc(F)c(Br)cc2N)c1. The van der Waals surface area contributed by atoms with Crippen LogP contribution in [0.2, 0.25) is 0 Å². The lowest BCUT2D eigenvalue weighted by molar-refractivity contribution is 0.622. The second-order valence-corrected chi connectivity index (χ2v) is 4.87. The highest BCUT2D eigenvalue weighted by molar-refractivity contribution is 9.10. The first-order chi connectivity index (χ1) is 9.10. The summed E-state index contributed by atoms with van der Waals surface area (Å²) in [5, 5.41) is 11.9. The Morgan fingerprint density at radius 3 is 2.84 bits per heavy atom. The normalized spacial score (nSPS) is 9.95. The number of nitriles is 1. The number of rotatable bonds is 3. The molecule has 0 bridgehead atoms. The Bertz CT molecular complexity index is 650. The summed E-state index contributed by atoms with van der Waals surface area (Å²) in [5.74, 6) is -0.373. The second-order valence-electron chi connectivity index (χ2n) is 4.02. The monoisotopic (exact) mass is 319 g/mol. The van der Waals surface area contributed by atoms with E-state index >= 15 is 0 Å². The van der Waals surface area contributed by atoms with Crippen molar-refractivity contribution in [2.24, 2.45) is 0 Å². The minimum atomic E-state index is -0.373. The van der Waals surface area contributed by atoms with E-state index in [4.69, 9.17) is 11.0 Å². The van der Waals surface area contributed by atoms with Gasteiger partial charge >= 0.3 is 0 Å². The first-order valence-electron chi connectivity index (χ1n) is 5.57. The Kier molecular flexibility index (Phi) is 4.03. The molecule has 3 nitrogen and oxygen atoms in total. The van der Waals surface area contributed by atoms with Gasteiger partial charge in [-0.2, -0.15) is 5.26 Å². The minimum absolute atomic E-state index is 0.335. The predicted octanol–water partition coefficient (Wildman–Crippen LogP) is 3.65. The van der Waals surface area contributed by atoms with Crippen LogP contribution in [-0.2, 0) is 6.54 Å². The van der Waals surface area contributed by atoms with Gasteiger partial charge in [-0.05, 0) is 39.7 Å². The van der Waals surface area contributed by atoms with Crippen molar-refractivity contribution in [1.29, 1.82) is 5.26 Å². The first-order valence-corrected chi connectivity index (χ1v) is 6.37. The predicted molar refractivity (Wildman–Crippen MR) is 77.0 cm³/mol. The smallest absolute Gasteiger partial charge is 0.139 e. The van der Waals surface area contributed by atoms with Crippen LogP contribution in [0.15, 0.2) is 40.9 Å². The van der Waals surface area contributed by atoms with Crippen LogP contribution in [0.4, 0.5) is 15.8 Å². The van der Waals surface area contributed by atoms with Crippen LogP contribution >= 0.6 is 15.9 Å². The highest BCUT2D eigenvalue weighted by atomic mass is 79.9. The van der Waals surface area contributed by atoms with Crippen molar-refractivity contribution in [3.05, 3.63) is 57.8 Å². The largest absolute Gasteiger partial charge is 0.397 e. The molecule has 5 heteroatoms. The molecular weight excluding hydrogens is 309 g/mol. The fourth-order valence-electron chi connectivity index (χ4n) is 1.66. The molecule has 0 spiro atoms. The van der Waals surface area contributed by atoms with E-state index in [1.807, 2.05) is 6.07 Å². The number of nitrogens with zero attached hydrogens (tertiary/aromatic N) is 1. The second kappa shape index (κ2) is 5.72. The molecule has 96 valence electrons. The van der Waals surface area contributed by atoms with Gasteiger partial charge in [-0.3, -0.25) is 0 Å². The molecule has 2 rings (SSSR count). The van der Waals surface area contributed by atoms with E-state index in [1.165, 1.54) is 12.1 Å². The van der Waals surface area contributed by atoms with Crippen LogP contribution < -0.4 is 11.1 Å². The molecule has 0 aliphatic rings. The zero-order valence-electron chi connectivity index (χ0n) is 9.95. The average Bonchev–Trinajstić information content (AvgIpc) is 2.41. The van der Waals surface area contributed by atoms with Crippen molar-refractivity contribution in [2.45, 2.75) is 6.54 Å². The highest BCUT2D eigenvalue weighted by Gasteiger charge is 2.05. The minimum Gasteiger partial charge on any atom is -0.397 e. The Morgan fingerprint density at radius 2 is 2.11 bits per heavy atom. The standard InChI is InChI=1S/C14H11BrFN3/c15-11-5-13(18)14(6-12(11)16)19-8-10-3-1-2-9(4-10)7-17/h1-6,19H,8,18H2. The van der Waals surface area contributed by atoms with E-state index in [0.29, 0.717) is 28.0 Å². The summed E-state index contributed by atoms with van der Waals surface area (Å²) in [5.41, 5.74) is 8.32. The van der Waals surface area contributed by atoms with Crippen LogP contribution in [0, 0.1) is 17.1 Å². The Labute approximate surface area is 119 Å². The molecular formula is C14H11BrFN3. The van der Waals surface area contributed by atoms with E-state index in [2.05, 4.69) is 27.3 Å². The third kappa shape index (κ3) is 3.24. The lowest BCUT2D eigenvalue weighted by Crippen LogP contribution is -2.03. The number of anilines is 2. The van der Waals surface area contributed by atoms with Crippen LogP contribution in [0.5, 0.6) is 0 Å². The molecule has 0 saturated heterocycles. The van der Waals surface area contributed by atoms with Gasteiger partial charge < -0.3 is 11.1 Å². The molecule has 19 heavy (non-hydrogen) atoms. The summed E-state index contributed by atoms with van der Waals surface area (Å²) in [7, 11) is 0. The third-order valence-corrected chi connectivity index (χ3v) is 3.24. The van der Waals surface area contributed by atoms with Gasteiger partial charge in [-0.15, -0.1) is 0 Å². The van der Waals surface area contributed by atoms with Gasteiger partial charge in [-0.1, -0.05) is 12.1 Å². The van der Waals surface area contributed by atoms with E-state index in [1.54, 1.807) is 18.2 Å². The topological polar surface area (TPSA) is 61.8 Å². The van der Waals surface area contributed by atoms with Crippen LogP contribution in [0.25, 0.3) is 0 Å². The summed E-state index contributed by atoms with van der Waals surface area (Å²) in [6.07, 6.45) is 0. The Morgan fingerprint density at radius 1 is 1.32 bits per heavy atom. The van der Waals surface area contributed by atoms with Crippen molar-refractivity contribution in [2.75, 3.05) is 11.1 Å². The van der Waals surface area contributed by atoms with Crippen LogP contribution in [0.3, 0.4) is 0 Å². The van der Waals surface area contributed by atoms with Crippen molar-refractivity contribution >= 4 is 27.3 Å². The number of halogens is 2. The number of hydrogen-bond donors (Lipinski definition) is 2. The van der Waals surface area contributed by atoms with E-state index < -0.39 is 0 Å². The van der Waals surface area contributed by atoms with Crippen LogP contribution in [0.1, 0.15) is 11.1 Å². The number of hydrogen-bond acceptors (Lipinski definition) is 3. The molecule has 0 fully saturated rings. The highest BCUT2D eigenvalue weighted by Crippen LogP contribution is 2.26. The van der Waals surface area contributed by atoms with E-state index in [-0.39, 0.29) is 5.82 Å². The van der Waals surface area contributed by atoms with Crippen molar-refractivity contribution < 1.29 is 4.39 Å². The first kappa shape index (κ1) is 13.4. The Hall–Kier alpha value is -2.06. The van der Waals surface area contributed by atoms with Crippen molar-refractivity contribution in [3.8, 4) is 6.07 Å². The molecule has 0 aliphatic carbocycles. The van der Waals surface area contributed by atoms with E-state index in [9.17, 15) is 4.39 Å². The maximum atomic E-state index is 13.4. The molecule has 0 radical (unpaired) electrons. The number of nitrogens with two attached hydrogens (primary N) is 1. The van der Waals surface area contributed by atoms with Gasteiger partial charge in [0.1, 0.15) is 5.82 Å². The summed E-state index contributed by atoms with van der Waals surface area (Å²) < 4.78 is 13.8. The molecule has 0 saturated carbocycles. The van der Waals surface area contributed by atoms with Gasteiger partial charge in [-0.25, -0.2) is 4.39 Å². The average molecular weight is 320 g/mol. The van der Waals surface area contributed by atoms with Gasteiger partial charge in [0, 0.05) is 12.6 Å².